The number of pyridine rings is 2. The van der Waals surface area contributed by atoms with Crippen LogP contribution in [0, 0.1) is 6.92 Å². The molecule has 0 aliphatic carbocycles. The second-order valence-electron chi connectivity index (χ2n) is 4.00. The predicted molar refractivity (Wildman–Crippen MR) is 86.4 cm³/mol. The number of hydrogen-bond acceptors (Lipinski definition) is 2. The molecular weight excluding hydrogens is 300 g/mol. The molecule has 104 valence electrons. The van der Waals surface area contributed by atoms with E-state index < -0.39 is 0 Å². The van der Waals surface area contributed by atoms with Crippen molar-refractivity contribution in [1.82, 2.24) is 9.97 Å². The highest BCUT2D eigenvalue weighted by molar-refractivity contribution is 9.10. The predicted octanol–water partition coefficient (Wildman–Crippen LogP) is 5.00. The Morgan fingerprint density at radius 3 is 1.84 bits per heavy atom. The van der Waals surface area contributed by atoms with Gasteiger partial charge in [-0.2, -0.15) is 0 Å². The zero-order valence-electron chi connectivity index (χ0n) is 11.2. The Morgan fingerprint density at radius 2 is 1.47 bits per heavy atom. The van der Waals surface area contributed by atoms with Gasteiger partial charge in [0.15, 0.2) is 0 Å². The zero-order chi connectivity index (χ0) is 13.4. The molecule has 0 fully saturated rings. The molecular formula is C16H23BrN2. The van der Waals surface area contributed by atoms with Crippen LogP contribution in [0.25, 0.3) is 0 Å². The summed E-state index contributed by atoms with van der Waals surface area (Å²) in [4.78, 5) is 8.29. The van der Waals surface area contributed by atoms with Crippen molar-refractivity contribution < 1.29 is 0 Å². The molecule has 0 saturated heterocycles. The number of halogens is 1. The number of hydrogen-bond donors (Lipinski definition) is 0. The van der Waals surface area contributed by atoms with Crippen LogP contribution >= 0.6 is 15.9 Å². The highest BCUT2D eigenvalue weighted by Crippen LogP contribution is 2.08. The van der Waals surface area contributed by atoms with Crippen LogP contribution in [0.1, 0.15) is 38.2 Å². The van der Waals surface area contributed by atoms with E-state index in [-0.39, 0.29) is 7.43 Å². The lowest BCUT2D eigenvalue weighted by molar-refractivity contribution is 1.03. The van der Waals surface area contributed by atoms with Crippen LogP contribution in [0.5, 0.6) is 0 Å². The molecule has 0 spiro atoms. The summed E-state index contributed by atoms with van der Waals surface area (Å²) in [6.45, 7) is 6.29. The maximum Gasteiger partial charge on any atom is 0.0412 e. The van der Waals surface area contributed by atoms with Gasteiger partial charge in [0.25, 0.3) is 0 Å². The molecule has 3 heteroatoms. The zero-order valence-corrected chi connectivity index (χ0v) is 12.7. The lowest BCUT2D eigenvalue weighted by atomic mass is 10.2. The summed E-state index contributed by atoms with van der Waals surface area (Å²) in [6, 6.07) is 8.08. The third-order valence-corrected chi connectivity index (χ3v) is 2.97. The lowest BCUT2D eigenvalue weighted by Gasteiger charge is -1.94. The van der Waals surface area contributed by atoms with Crippen molar-refractivity contribution in [3.8, 4) is 0 Å². The monoisotopic (exact) mass is 322 g/mol. The van der Waals surface area contributed by atoms with E-state index in [1.54, 1.807) is 0 Å². The minimum atomic E-state index is 0. The molecule has 2 aromatic heterocycles. The fourth-order valence-electron chi connectivity index (χ4n) is 1.43. The van der Waals surface area contributed by atoms with Gasteiger partial charge in [0.05, 0.1) is 0 Å². The molecule has 0 N–H and O–H groups in total. The summed E-state index contributed by atoms with van der Waals surface area (Å²) < 4.78 is 1.11. The SMILES string of the molecule is C.CCc1cc(Br)ccn1.CCc1cc(C)ccn1. The van der Waals surface area contributed by atoms with Crippen LogP contribution in [0.4, 0.5) is 0 Å². The molecule has 2 aromatic rings. The van der Waals surface area contributed by atoms with Crippen molar-refractivity contribution >= 4 is 15.9 Å². The molecule has 0 saturated carbocycles. The first-order valence-corrected chi connectivity index (χ1v) is 6.97. The van der Waals surface area contributed by atoms with Crippen LogP contribution in [-0.4, -0.2) is 9.97 Å². The molecule has 2 rings (SSSR count). The summed E-state index contributed by atoms with van der Waals surface area (Å²) in [6.07, 6.45) is 5.69. The molecule has 0 aliphatic rings. The number of rotatable bonds is 2. The first-order chi connectivity index (χ1) is 8.65. The molecule has 0 radical (unpaired) electrons. The summed E-state index contributed by atoms with van der Waals surface area (Å²) in [5.41, 5.74) is 3.60. The van der Waals surface area contributed by atoms with Crippen LogP contribution < -0.4 is 0 Å². The van der Waals surface area contributed by atoms with E-state index in [2.05, 4.69) is 52.7 Å². The van der Waals surface area contributed by atoms with Crippen molar-refractivity contribution in [1.29, 1.82) is 0 Å². The van der Waals surface area contributed by atoms with E-state index in [1.165, 1.54) is 11.3 Å². The summed E-state index contributed by atoms with van der Waals surface area (Å²) in [5.74, 6) is 0. The third kappa shape index (κ3) is 7.06. The van der Waals surface area contributed by atoms with Gasteiger partial charge in [-0.25, -0.2) is 0 Å². The van der Waals surface area contributed by atoms with Gasteiger partial charge in [-0.1, -0.05) is 37.2 Å². The largest absolute Gasteiger partial charge is 0.261 e. The molecule has 0 bridgehead atoms. The second-order valence-corrected chi connectivity index (χ2v) is 4.91. The summed E-state index contributed by atoms with van der Waals surface area (Å²) >= 11 is 3.36. The average molecular weight is 323 g/mol. The summed E-state index contributed by atoms with van der Waals surface area (Å²) in [7, 11) is 0. The van der Waals surface area contributed by atoms with E-state index in [0.717, 1.165) is 23.0 Å². The van der Waals surface area contributed by atoms with Gasteiger partial charge >= 0.3 is 0 Å². The molecule has 2 heterocycles. The van der Waals surface area contributed by atoms with Gasteiger partial charge in [0.2, 0.25) is 0 Å². The lowest BCUT2D eigenvalue weighted by Crippen LogP contribution is -1.85. The Balaban J connectivity index is 0.000000324. The first kappa shape index (κ1) is 17.8. The first-order valence-electron chi connectivity index (χ1n) is 6.17. The van der Waals surface area contributed by atoms with Gasteiger partial charge in [-0.05, 0) is 49.6 Å². The quantitative estimate of drug-likeness (QED) is 0.777. The average Bonchev–Trinajstić information content (AvgIpc) is 2.39. The van der Waals surface area contributed by atoms with Gasteiger partial charge in [-0.3, -0.25) is 9.97 Å². The standard InChI is InChI=1S/C8H11N.C7H8BrN.CH4/c1-3-8-6-7(2)4-5-9-8;1-2-7-5-6(8)3-4-9-7;/h4-6H,3H2,1-2H3;3-5H,2H2,1H3;1H4. The Labute approximate surface area is 125 Å². The van der Waals surface area contributed by atoms with Gasteiger partial charge in [0.1, 0.15) is 0 Å². The normalized spacial score (nSPS) is 9.05. The van der Waals surface area contributed by atoms with Gasteiger partial charge < -0.3 is 0 Å². The van der Waals surface area contributed by atoms with Crippen molar-refractivity contribution in [2.24, 2.45) is 0 Å². The van der Waals surface area contributed by atoms with E-state index in [4.69, 9.17) is 0 Å². The maximum absolute atomic E-state index is 4.16. The van der Waals surface area contributed by atoms with Crippen LogP contribution in [0.3, 0.4) is 0 Å². The van der Waals surface area contributed by atoms with Gasteiger partial charge in [0, 0.05) is 28.3 Å². The molecule has 2 nitrogen and oxygen atoms in total. The fraction of sp³-hybridized carbons (Fsp3) is 0.375. The number of aryl methyl sites for hydroxylation is 3. The minimum absolute atomic E-state index is 0. The van der Waals surface area contributed by atoms with E-state index in [9.17, 15) is 0 Å². The molecule has 19 heavy (non-hydrogen) atoms. The molecule has 0 atom stereocenters. The highest BCUT2D eigenvalue weighted by Gasteiger charge is 1.89. The Bertz CT molecular complexity index is 438. The van der Waals surface area contributed by atoms with Crippen molar-refractivity contribution in [2.45, 2.75) is 41.0 Å². The third-order valence-electron chi connectivity index (χ3n) is 2.48. The molecule has 0 unspecified atom stereocenters. The number of nitrogens with zero attached hydrogens (tertiary/aromatic N) is 2. The van der Waals surface area contributed by atoms with E-state index in [1.807, 2.05) is 30.6 Å². The molecule has 0 amide bonds. The molecule has 0 aliphatic heterocycles. The maximum atomic E-state index is 4.16. The molecule has 0 aromatic carbocycles. The summed E-state index contributed by atoms with van der Waals surface area (Å²) in [5, 5.41) is 0. The van der Waals surface area contributed by atoms with Gasteiger partial charge in [-0.15, -0.1) is 0 Å². The fourth-order valence-corrected chi connectivity index (χ4v) is 1.82. The smallest absolute Gasteiger partial charge is 0.0412 e. The van der Waals surface area contributed by atoms with Crippen LogP contribution in [0.15, 0.2) is 41.1 Å². The Hall–Kier alpha value is -1.22. The number of aromatic nitrogens is 2. The van der Waals surface area contributed by atoms with Crippen molar-refractivity contribution in [2.75, 3.05) is 0 Å². The van der Waals surface area contributed by atoms with E-state index in [0.29, 0.717) is 0 Å². The van der Waals surface area contributed by atoms with Crippen LogP contribution in [0.2, 0.25) is 0 Å². The highest BCUT2D eigenvalue weighted by atomic mass is 79.9. The Kier molecular flexibility index (Phi) is 9.06. The van der Waals surface area contributed by atoms with E-state index >= 15 is 0 Å². The minimum Gasteiger partial charge on any atom is -0.261 e. The second kappa shape index (κ2) is 9.68. The van der Waals surface area contributed by atoms with Crippen LogP contribution in [-0.2, 0) is 12.8 Å². The van der Waals surface area contributed by atoms with Crippen molar-refractivity contribution in [3.05, 3.63) is 58.1 Å². The van der Waals surface area contributed by atoms with Crippen molar-refractivity contribution in [3.63, 3.8) is 0 Å². The topological polar surface area (TPSA) is 25.8 Å². The Morgan fingerprint density at radius 1 is 0.947 bits per heavy atom.